The second-order valence-corrected chi connectivity index (χ2v) is 10.8. The smallest absolute Gasteiger partial charge is 0.379 e. The number of hydrogen-bond acceptors (Lipinski definition) is 5. The number of fused-ring (bicyclic) bond motifs is 1. The Morgan fingerprint density at radius 2 is 1.82 bits per heavy atom. The van der Waals surface area contributed by atoms with Gasteiger partial charge in [-0.15, -0.1) is 0 Å². The van der Waals surface area contributed by atoms with Crippen LogP contribution < -0.4 is 5.32 Å². The maximum absolute atomic E-state index is 14.3. The molecule has 0 unspecified atom stereocenters. The van der Waals surface area contributed by atoms with E-state index in [-0.39, 0.29) is 11.5 Å². The third-order valence-corrected chi connectivity index (χ3v) is 7.89. The highest BCUT2D eigenvalue weighted by Crippen LogP contribution is 2.31. The number of morpholine rings is 1. The molecule has 3 heterocycles. The van der Waals surface area contributed by atoms with Gasteiger partial charge in [-0.2, -0.15) is 18.3 Å². The van der Waals surface area contributed by atoms with Crippen molar-refractivity contribution in [1.82, 2.24) is 24.9 Å². The van der Waals surface area contributed by atoms with E-state index in [4.69, 9.17) is 9.84 Å². The number of amides is 1. The molecule has 0 saturated carbocycles. The van der Waals surface area contributed by atoms with E-state index in [2.05, 4.69) is 15.1 Å². The minimum Gasteiger partial charge on any atom is -0.379 e. The van der Waals surface area contributed by atoms with E-state index >= 15 is 0 Å². The summed E-state index contributed by atoms with van der Waals surface area (Å²) in [6.07, 6.45) is -0.809. The summed E-state index contributed by atoms with van der Waals surface area (Å²) in [5, 5.41) is 8.68. The van der Waals surface area contributed by atoms with Crippen LogP contribution in [-0.4, -0.2) is 78.0 Å². The van der Waals surface area contributed by atoms with E-state index in [1.165, 1.54) is 6.07 Å². The molecule has 3 aromatic rings. The summed E-state index contributed by atoms with van der Waals surface area (Å²) >= 11 is 0. The zero-order valence-corrected chi connectivity index (χ0v) is 22.6. The number of carbonyl (C=O) groups excluding carboxylic acids is 1. The van der Waals surface area contributed by atoms with Gasteiger partial charge in [0, 0.05) is 62.0 Å². The molecule has 2 aliphatic rings. The van der Waals surface area contributed by atoms with Crippen LogP contribution in [0.25, 0.3) is 10.9 Å². The fourth-order valence-electron chi connectivity index (χ4n) is 5.50. The van der Waals surface area contributed by atoms with Gasteiger partial charge in [0.1, 0.15) is 5.82 Å². The number of rotatable bonds is 8. The number of piperidine rings is 1. The van der Waals surface area contributed by atoms with Gasteiger partial charge in [-0.25, -0.2) is 4.39 Å². The number of nitrogens with zero attached hydrogens (tertiary/aromatic N) is 4. The van der Waals surface area contributed by atoms with Crippen LogP contribution in [0.2, 0.25) is 0 Å². The van der Waals surface area contributed by atoms with Crippen LogP contribution in [0.1, 0.15) is 39.9 Å². The molecule has 0 aliphatic carbocycles. The number of nitrogens with one attached hydrogen (secondary N) is 1. The molecule has 2 saturated heterocycles. The first kappa shape index (κ1) is 28.5. The van der Waals surface area contributed by atoms with Gasteiger partial charge in [0.15, 0.2) is 0 Å². The first-order valence-corrected chi connectivity index (χ1v) is 13.8. The van der Waals surface area contributed by atoms with E-state index in [1.807, 2.05) is 29.9 Å². The highest BCUT2D eigenvalue weighted by molar-refractivity contribution is 5.99. The molecule has 0 spiro atoms. The summed E-state index contributed by atoms with van der Waals surface area (Å²) in [4.78, 5) is 17.2. The normalized spacial score (nSPS) is 17.9. The van der Waals surface area contributed by atoms with Crippen molar-refractivity contribution in [2.45, 2.75) is 39.0 Å². The monoisotopic (exact) mass is 561 g/mol. The zero-order valence-electron chi connectivity index (χ0n) is 22.6. The molecule has 1 amide bonds. The van der Waals surface area contributed by atoms with Crippen LogP contribution in [0.4, 0.5) is 17.6 Å². The van der Waals surface area contributed by atoms with Gasteiger partial charge >= 0.3 is 6.18 Å². The third-order valence-electron chi connectivity index (χ3n) is 7.89. The molecule has 7 nitrogen and oxygen atoms in total. The van der Waals surface area contributed by atoms with Gasteiger partial charge in [-0.1, -0.05) is 6.07 Å². The summed E-state index contributed by atoms with van der Waals surface area (Å²) in [5.41, 5.74) is 1.69. The Morgan fingerprint density at radius 3 is 2.52 bits per heavy atom. The van der Waals surface area contributed by atoms with Crippen molar-refractivity contribution in [2.24, 2.45) is 5.92 Å². The number of likely N-dealkylation sites (tertiary alicyclic amines) is 1. The molecule has 1 aromatic heterocycles. The molecule has 5 rings (SSSR count). The van der Waals surface area contributed by atoms with Gasteiger partial charge < -0.3 is 10.1 Å². The third kappa shape index (κ3) is 7.00. The second-order valence-electron chi connectivity index (χ2n) is 10.8. The molecule has 1 N–H and O–H groups in total. The molecular weight excluding hydrogens is 526 g/mol. The Balaban J connectivity index is 1.13. The molecule has 0 atom stereocenters. The Bertz CT molecular complexity index is 1330. The van der Waals surface area contributed by atoms with Crippen molar-refractivity contribution in [1.29, 1.82) is 0 Å². The van der Waals surface area contributed by atoms with E-state index in [0.29, 0.717) is 30.6 Å². The SMILES string of the molecule is Cc1cc2nn(CC3CCN(Cc4ccc(C(F)(F)F)cc4F)CC3)cc2cc1C(=O)NCCN1CCOCC1. The summed E-state index contributed by atoms with van der Waals surface area (Å²) in [5.74, 6) is -0.523. The molecule has 11 heteroatoms. The number of alkyl halides is 3. The number of benzene rings is 2. The van der Waals surface area contributed by atoms with E-state index in [9.17, 15) is 22.4 Å². The minimum absolute atomic E-state index is 0.0859. The van der Waals surface area contributed by atoms with Crippen LogP contribution in [0.3, 0.4) is 0 Å². The highest BCUT2D eigenvalue weighted by atomic mass is 19.4. The molecule has 0 bridgehead atoms. The number of halogens is 4. The number of aromatic nitrogens is 2. The predicted molar refractivity (Wildman–Crippen MR) is 143 cm³/mol. The Hall–Kier alpha value is -3.02. The number of carbonyl (C=O) groups is 1. The largest absolute Gasteiger partial charge is 0.416 e. The van der Waals surface area contributed by atoms with Crippen molar-refractivity contribution >= 4 is 16.8 Å². The summed E-state index contributed by atoms with van der Waals surface area (Å²) in [7, 11) is 0. The van der Waals surface area contributed by atoms with Gasteiger partial charge in [0.2, 0.25) is 0 Å². The standard InChI is InChI=1S/C29H35F4N5O2/c1-20-14-27-23(15-25(20)28(39)34-6-9-36-10-12-40-13-11-36)19-38(35-27)17-21-4-7-37(8-5-21)18-22-2-3-24(16-26(22)30)29(31,32)33/h2-3,14-16,19,21H,4-13,17-18H2,1H3,(H,34,39). The van der Waals surface area contributed by atoms with Crippen molar-refractivity contribution in [3.05, 3.63) is 64.6 Å². The number of hydrogen-bond donors (Lipinski definition) is 1. The molecule has 2 aliphatic heterocycles. The van der Waals surface area contributed by atoms with Crippen LogP contribution >= 0.6 is 0 Å². The Kier molecular flexibility index (Phi) is 8.72. The maximum atomic E-state index is 14.3. The molecular formula is C29H35F4N5O2. The predicted octanol–water partition coefficient (Wildman–Crippen LogP) is 4.48. The van der Waals surface area contributed by atoms with Crippen molar-refractivity contribution < 1.29 is 27.1 Å². The number of aryl methyl sites for hydroxylation is 1. The van der Waals surface area contributed by atoms with Gasteiger partial charge in [-0.3, -0.25) is 19.3 Å². The van der Waals surface area contributed by atoms with Gasteiger partial charge in [0.25, 0.3) is 5.91 Å². The highest BCUT2D eigenvalue weighted by Gasteiger charge is 2.31. The van der Waals surface area contributed by atoms with Crippen molar-refractivity contribution in [3.63, 3.8) is 0 Å². The summed E-state index contributed by atoms with van der Waals surface area (Å²) in [6, 6.07) is 6.60. The molecule has 2 fully saturated rings. The second kappa shape index (κ2) is 12.2. The summed E-state index contributed by atoms with van der Waals surface area (Å²) in [6.45, 7) is 9.03. The quantitative estimate of drug-likeness (QED) is 0.411. The van der Waals surface area contributed by atoms with Gasteiger partial charge in [-0.05, 0) is 68.6 Å². The van der Waals surface area contributed by atoms with E-state index in [0.717, 1.165) is 87.9 Å². The van der Waals surface area contributed by atoms with Crippen LogP contribution in [0, 0.1) is 18.7 Å². The fourth-order valence-corrected chi connectivity index (χ4v) is 5.50. The topological polar surface area (TPSA) is 62.6 Å². The lowest BCUT2D eigenvalue weighted by Gasteiger charge is -2.32. The average Bonchev–Trinajstić information content (AvgIpc) is 3.31. The van der Waals surface area contributed by atoms with Crippen molar-refractivity contribution in [2.75, 3.05) is 52.5 Å². The minimum atomic E-state index is -4.55. The molecule has 2 aromatic carbocycles. The fraction of sp³-hybridized carbons (Fsp3) is 0.517. The van der Waals surface area contributed by atoms with Crippen LogP contribution in [0.15, 0.2) is 36.5 Å². The first-order valence-electron chi connectivity index (χ1n) is 13.8. The zero-order chi connectivity index (χ0) is 28.3. The lowest BCUT2D eigenvalue weighted by molar-refractivity contribution is -0.137. The van der Waals surface area contributed by atoms with E-state index in [1.54, 1.807) is 0 Å². The average molecular weight is 562 g/mol. The van der Waals surface area contributed by atoms with Crippen LogP contribution in [0.5, 0.6) is 0 Å². The summed E-state index contributed by atoms with van der Waals surface area (Å²) < 4.78 is 60.0. The molecule has 216 valence electrons. The van der Waals surface area contributed by atoms with Crippen molar-refractivity contribution in [3.8, 4) is 0 Å². The number of ether oxygens (including phenoxy) is 1. The Morgan fingerprint density at radius 1 is 1.07 bits per heavy atom. The molecule has 40 heavy (non-hydrogen) atoms. The van der Waals surface area contributed by atoms with E-state index < -0.39 is 17.6 Å². The molecule has 0 radical (unpaired) electrons. The maximum Gasteiger partial charge on any atom is 0.416 e. The Labute approximate surface area is 231 Å². The lowest BCUT2D eigenvalue weighted by atomic mass is 9.96. The van der Waals surface area contributed by atoms with Gasteiger partial charge in [0.05, 0.1) is 24.3 Å². The van der Waals surface area contributed by atoms with Crippen LogP contribution in [-0.2, 0) is 24.0 Å². The lowest BCUT2D eigenvalue weighted by Crippen LogP contribution is -2.41. The first-order chi connectivity index (χ1) is 19.2.